The molecule has 5 heteroatoms. The lowest BCUT2D eigenvalue weighted by molar-refractivity contribution is 0.142. The van der Waals surface area contributed by atoms with Gasteiger partial charge in [0.05, 0.1) is 12.8 Å². The fourth-order valence-electron chi connectivity index (χ4n) is 4.26. The summed E-state index contributed by atoms with van der Waals surface area (Å²) >= 11 is 0. The number of aromatic nitrogens is 2. The predicted molar refractivity (Wildman–Crippen MR) is 115 cm³/mol. The van der Waals surface area contributed by atoms with Gasteiger partial charge in [-0.25, -0.2) is 0 Å². The van der Waals surface area contributed by atoms with Crippen molar-refractivity contribution in [3.05, 3.63) is 47.3 Å². The van der Waals surface area contributed by atoms with Gasteiger partial charge in [-0.3, -0.25) is 4.68 Å². The lowest BCUT2D eigenvalue weighted by Gasteiger charge is -2.34. The molecule has 1 saturated heterocycles. The zero-order valence-electron chi connectivity index (χ0n) is 18.0. The molecule has 1 aliphatic rings. The molecule has 0 radical (unpaired) electrons. The van der Waals surface area contributed by atoms with Gasteiger partial charge in [-0.05, 0) is 70.3 Å². The number of benzene rings is 1. The Morgan fingerprint density at radius 2 is 2.04 bits per heavy atom. The third-order valence-electron chi connectivity index (χ3n) is 5.86. The van der Waals surface area contributed by atoms with Gasteiger partial charge in [0.1, 0.15) is 5.75 Å². The van der Waals surface area contributed by atoms with Crippen molar-refractivity contribution in [3.63, 3.8) is 0 Å². The monoisotopic (exact) mass is 384 g/mol. The average molecular weight is 385 g/mol. The van der Waals surface area contributed by atoms with E-state index < -0.39 is 0 Å². The molecule has 0 spiro atoms. The minimum absolute atomic E-state index is 0.760. The molecule has 1 aromatic carbocycles. The first-order valence-corrected chi connectivity index (χ1v) is 10.6. The van der Waals surface area contributed by atoms with Gasteiger partial charge in [0.25, 0.3) is 0 Å². The van der Waals surface area contributed by atoms with Crippen LogP contribution in [-0.2, 0) is 19.5 Å². The molecule has 1 atom stereocenters. The van der Waals surface area contributed by atoms with Gasteiger partial charge in [-0.15, -0.1) is 0 Å². The van der Waals surface area contributed by atoms with Crippen LogP contribution in [0.1, 0.15) is 36.6 Å². The van der Waals surface area contributed by atoms with Crippen molar-refractivity contribution in [3.8, 4) is 5.75 Å². The maximum Gasteiger partial charge on any atom is 0.118 e. The summed E-state index contributed by atoms with van der Waals surface area (Å²) in [5.74, 6) is 1.70. The Morgan fingerprint density at radius 3 is 2.71 bits per heavy atom. The van der Waals surface area contributed by atoms with Crippen molar-refractivity contribution in [1.82, 2.24) is 19.6 Å². The second-order valence-corrected chi connectivity index (χ2v) is 8.20. The number of likely N-dealkylation sites (tertiary alicyclic amines) is 1. The Kier molecular flexibility index (Phi) is 7.51. The van der Waals surface area contributed by atoms with Crippen LogP contribution in [0.3, 0.4) is 0 Å². The first kappa shape index (κ1) is 20.9. The van der Waals surface area contributed by atoms with Crippen molar-refractivity contribution in [2.24, 2.45) is 5.92 Å². The maximum atomic E-state index is 5.25. The van der Waals surface area contributed by atoms with Gasteiger partial charge in [0.2, 0.25) is 0 Å². The van der Waals surface area contributed by atoms with Crippen molar-refractivity contribution in [2.75, 3.05) is 40.3 Å². The average Bonchev–Trinajstić information content (AvgIpc) is 3.06. The SMILES string of the molecule is CCn1cc(CN(C)CC2CCCN(CCc3ccc(OC)cc3)C2)c(C)n1. The predicted octanol–water partition coefficient (Wildman–Crippen LogP) is 3.61. The van der Waals surface area contributed by atoms with Gasteiger partial charge in [-0.1, -0.05) is 12.1 Å². The van der Waals surface area contributed by atoms with Crippen molar-refractivity contribution >= 4 is 0 Å². The van der Waals surface area contributed by atoms with Gasteiger partial charge >= 0.3 is 0 Å². The molecule has 3 rings (SSSR count). The fourth-order valence-corrected chi connectivity index (χ4v) is 4.26. The highest BCUT2D eigenvalue weighted by Crippen LogP contribution is 2.20. The lowest BCUT2D eigenvalue weighted by Crippen LogP contribution is -2.40. The molecule has 1 aromatic heterocycles. The van der Waals surface area contributed by atoms with E-state index in [0.717, 1.165) is 44.3 Å². The van der Waals surface area contributed by atoms with Gasteiger partial charge in [0.15, 0.2) is 0 Å². The Labute approximate surface area is 170 Å². The van der Waals surface area contributed by atoms with Crippen LogP contribution in [0, 0.1) is 12.8 Å². The van der Waals surface area contributed by atoms with E-state index in [1.165, 1.54) is 42.8 Å². The first-order chi connectivity index (χ1) is 13.6. The Bertz CT molecular complexity index is 725. The number of nitrogens with zero attached hydrogens (tertiary/aromatic N) is 4. The Morgan fingerprint density at radius 1 is 1.25 bits per heavy atom. The summed E-state index contributed by atoms with van der Waals surface area (Å²) in [6.07, 6.45) is 5.97. The molecule has 28 heavy (non-hydrogen) atoms. The molecule has 154 valence electrons. The molecule has 2 heterocycles. The summed E-state index contributed by atoms with van der Waals surface area (Å²) in [5, 5.41) is 4.58. The van der Waals surface area contributed by atoms with Crippen LogP contribution in [0.5, 0.6) is 5.75 Å². The molecule has 0 saturated carbocycles. The molecule has 1 unspecified atom stereocenters. The number of piperidine rings is 1. The maximum absolute atomic E-state index is 5.25. The normalized spacial score (nSPS) is 18.0. The van der Waals surface area contributed by atoms with Crippen molar-refractivity contribution in [2.45, 2.75) is 46.2 Å². The van der Waals surface area contributed by atoms with Crippen LogP contribution in [0.4, 0.5) is 0 Å². The van der Waals surface area contributed by atoms with Gasteiger partial charge < -0.3 is 14.5 Å². The highest BCUT2D eigenvalue weighted by atomic mass is 16.5. The standard InChI is InChI=1S/C23H36N4O/c1-5-27-18-22(19(2)24-27)17-25(3)15-21-7-6-13-26(16-21)14-12-20-8-10-23(28-4)11-9-20/h8-11,18,21H,5-7,12-17H2,1-4H3. The molecule has 0 aliphatic carbocycles. The van der Waals surface area contributed by atoms with Crippen molar-refractivity contribution < 1.29 is 4.74 Å². The smallest absolute Gasteiger partial charge is 0.118 e. The molecule has 1 fully saturated rings. The number of ether oxygens (including phenoxy) is 1. The quantitative estimate of drug-likeness (QED) is 0.661. The first-order valence-electron chi connectivity index (χ1n) is 10.6. The van der Waals surface area contributed by atoms with Gasteiger partial charge in [-0.2, -0.15) is 5.10 Å². The van der Waals surface area contributed by atoms with E-state index in [0.29, 0.717) is 0 Å². The topological polar surface area (TPSA) is 33.5 Å². The Hall–Kier alpha value is -1.85. The van der Waals surface area contributed by atoms with E-state index >= 15 is 0 Å². The lowest BCUT2D eigenvalue weighted by atomic mass is 9.97. The molecule has 1 aliphatic heterocycles. The number of aryl methyl sites for hydroxylation is 2. The third-order valence-corrected chi connectivity index (χ3v) is 5.86. The highest BCUT2D eigenvalue weighted by Gasteiger charge is 2.21. The summed E-state index contributed by atoms with van der Waals surface area (Å²) in [7, 11) is 3.97. The molecular weight excluding hydrogens is 348 g/mol. The van der Waals surface area contributed by atoms with Crippen LogP contribution < -0.4 is 4.74 Å². The second-order valence-electron chi connectivity index (χ2n) is 8.20. The molecule has 5 nitrogen and oxygen atoms in total. The largest absolute Gasteiger partial charge is 0.497 e. The van der Waals surface area contributed by atoms with Crippen LogP contribution in [0.25, 0.3) is 0 Å². The third kappa shape index (κ3) is 5.82. The van der Waals surface area contributed by atoms with Crippen LogP contribution in [0.2, 0.25) is 0 Å². The number of hydrogen-bond donors (Lipinski definition) is 0. The van der Waals surface area contributed by atoms with E-state index in [2.05, 4.69) is 66.3 Å². The zero-order valence-corrected chi connectivity index (χ0v) is 18.0. The van der Waals surface area contributed by atoms with Crippen LogP contribution in [0.15, 0.2) is 30.5 Å². The number of methoxy groups -OCH3 is 1. The summed E-state index contributed by atoms with van der Waals surface area (Å²) in [5.41, 5.74) is 3.92. The minimum Gasteiger partial charge on any atom is -0.497 e. The number of hydrogen-bond acceptors (Lipinski definition) is 4. The van der Waals surface area contributed by atoms with E-state index in [1.807, 2.05) is 4.68 Å². The molecule has 0 N–H and O–H groups in total. The van der Waals surface area contributed by atoms with Crippen LogP contribution in [-0.4, -0.2) is 59.9 Å². The second kappa shape index (κ2) is 10.1. The summed E-state index contributed by atoms with van der Waals surface area (Å²) < 4.78 is 7.29. The summed E-state index contributed by atoms with van der Waals surface area (Å²) in [4.78, 5) is 5.12. The molecule has 0 bridgehead atoms. The van der Waals surface area contributed by atoms with Crippen LogP contribution >= 0.6 is 0 Å². The molecule has 0 amide bonds. The number of rotatable bonds is 9. The highest BCUT2D eigenvalue weighted by molar-refractivity contribution is 5.27. The molecule has 2 aromatic rings. The summed E-state index contributed by atoms with van der Waals surface area (Å²) in [6, 6.07) is 8.50. The Balaban J connectivity index is 1.45. The molecular formula is C23H36N4O. The van der Waals surface area contributed by atoms with Gasteiger partial charge in [0, 0.05) is 44.5 Å². The minimum atomic E-state index is 0.760. The zero-order chi connectivity index (χ0) is 19.9. The van der Waals surface area contributed by atoms with E-state index in [-0.39, 0.29) is 0 Å². The van der Waals surface area contributed by atoms with E-state index in [1.54, 1.807) is 7.11 Å². The van der Waals surface area contributed by atoms with E-state index in [4.69, 9.17) is 4.74 Å². The summed E-state index contributed by atoms with van der Waals surface area (Å²) in [6.45, 7) is 11.0. The fraction of sp³-hybridized carbons (Fsp3) is 0.609. The van der Waals surface area contributed by atoms with Crippen molar-refractivity contribution in [1.29, 1.82) is 0 Å². The van der Waals surface area contributed by atoms with E-state index in [9.17, 15) is 0 Å².